The Bertz CT molecular complexity index is 809. The molecule has 2 aromatic rings. The van der Waals surface area contributed by atoms with Crippen molar-refractivity contribution in [3.63, 3.8) is 0 Å². The second-order valence-electron chi connectivity index (χ2n) is 6.01. The van der Waals surface area contributed by atoms with E-state index in [0.717, 1.165) is 5.69 Å². The molecule has 0 spiro atoms. The molecule has 1 aliphatic rings. The number of ether oxygens (including phenoxy) is 4. The van der Waals surface area contributed by atoms with Crippen molar-refractivity contribution >= 4 is 17.3 Å². The lowest BCUT2D eigenvalue weighted by Gasteiger charge is -2.20. The zero-order valence-electron chi connectivity index (χ0n) is 15.7. The third-order valence-electron chi connectivity index (χ3n) is 4.05. The van der Waals surface area contributed by atoms with E-state index in [1.54, 1.807) is 38.3 Å². The maximum atomic E-state index is 12.5. The van der Waals surface area contributed by atoms with Crippen LogP contribution in [0, 0.1) is 0 Å². The lowest BCUT2D eigenvalue weighted by Crippen LogP contribution is -2.31. The molecule has 1 heterocycles. The quantitative estimate of drug-likeness (QED) is 0.776. The van der Waals surface area contributed by atoms with E-state index >= 15 is 0 Å². The van der Waals surface area contributed by atoms with Crippen LogP contribution in [-0.4, -0.2) is 38.9 Å². The number of amides is 1. The summed E-state index contributed by atoms with van der Waals surface area (Å²) in [4.78, 5) is 12.5. The van der Waals surface area contributed by atoms with Gasteiger partial charge in [-0.15, -0.1) is 0 Å². The van der Waals surface area contributed by atoms with Crippen molar-refractivity contribution in [3.05, 3.63) is 36.4 Å². The maximum Gasteiger partial charge on any atom is 0.246 e. The summed E-state index contributed by atoms with van der Waals surface area (Å²) in [6, 6.07) is 10.4. The van der Waals surface area contributed by atoms with Crippen molar-refractivity contribution in [2.45, 2.75) is 19.9 Å². The van der Waals surface area contributed by atoms with Crippen LogP contribution in [0.1, 0.15) is 13.8 Å². The standard InChI is InChI=1S/C20H24N2O5/c1-4-25-16-7-5-14(11-18(16)24-3)21-13(2)20(23)22-15-6-8-17-19(12-15)27-10-9-26-17/h5-8,11-13,21H,4,9-10H2,1-3H3,(H,22,23)/t13-/m0/s1. The van der Waals surface area contributed by atoms with E-state index < -0.39 is 6.04 Å². The second kappa shape index (κ2) is 8.53. The minimum Gasteiger partial charge on any atom is -0.493 e. The summed E-state index contributed by atoms with van der Waals surface area (Å²) in [5.74, 6) is 2.43. The number of anilines is 2. The Morgan fingerprint density at radius 3 is 2.56 bits per heavy atom. The highest BCUT2D eigenvalue weighted by atomic mass is 16.6. The number of rotatable bonds is 7. The number of methoxy groups -OCH3 is 1. The Kier molecular flexibility index (Phi) is 5.90. The number of benzene rings is 2. The Labute approximate surface area is 158 Å². The number of fused-ring (bicyclic) bond motifs is 1. The van der Waals surface area contributed by atoms with Gasteiger partial charge in [0.2, 0.25) is 5.91 Å². The molecule has 0 radical (unpaired) electrons. The molecule has 1 amide bonds. The summed E-state index contributed by atoms with van der Waals surface area (Å²) in [6.45, 7) is 5.29. The summed E-state index contributed by atoms with van der Waals surface area (Å²) in [5, 5.41) is 6.04. The van der Waals surface area contributed by atoms with Gasteiger partial charge in [0.1, 0.15) is 19.3 Å². The first kappa shape index (κ1) is 18.7. The summed E-state index contributed by atoms with van der Waals surface area (Å²) in [7, 11) is 1.58. The number of carbonyl (C=O) groups excluding carboxylic acids is 1. The largest absolute Gasteiger partial charge is 0.493 e. The topological polar surface area (TPSA) is 78.1 Å². The van der Waals surface area contributed by atoms with Crippen molar-refractivity contribution in [2.75, 3.05) is 37.6 Å². The van der Waals surface area contributed by atoms with Crippen molar-refractivity contribution < 1.29 is 23.7 Å². The molecule has 144 valence electrons. The monoisotopic (exact) mass is 372 g/mol. The van der Waals surface area contributed by atoms with Crippen LogP contribution in [0.2, 0.25) is 0 Å². The molecule has 1 aliphatic heterocycles. The van der Waals surface area contributed by atoms with E-state index in [4.69, 9.17) is 18.9 Å². The Morgan fingerprint density at radius 1 is 1.07 bits per heavy atom. The molecule has 0 saturated heterocycles. The fraction of sp³-hybridized carbons (Fsp3) is 0.350. The van der Waals surface area contributed by atoms with E-state index in [2.05, 4.69) is 10.6 Å². The number of carbonyl (C=O) groups is 1. The first-order valence-electron chi connectivity index (χ1n) is 8.88. The van der Waals surface area contributed by atoms with E-state index in [0.29, 0.717) is 48.5 Å². The highest BCUT2D eigenvalue weighted by molar-refractivity contribution is 5.96. The van der Waals surface area contributed by atoms with E-state index in [9.17, 15) is 4.79 Å². The van der Waals surface area contributed by atoms with Gasteiger partial charge in [-0.05, 0) is 38.1 Å². The molecule has 0 unspecified atom stereocenters. The molecule has 7 nitrogen and oxygen atoms in total. The predicted molar refractivity (Wildman–Crippen MR) is 103 cm³/mol. The SMILES string of the molecule is CCOc1ccc(N[C@@H](C)C(=O)Nc2ccc3c(c2)OCCO3)cc1OC. The van der Waals surface area contributed by atoms with Crippen LogP contribution in [0.25, 0.3) is 0 Å². The first-order valence-corrected chi connectivity index (χ1v) is 8.88. The Hall–Kier alpha value is -3.09. The van der Waals surface area contributed by atoms with E-state index in [1.165, 1.54) is 0 Å². The average Bonchev–Trinajstić information content (AvgIpc) is 2.69. The summed E-state index contributed by atoms with van der Waals surface area (Å²) >= 11 is 0. The second-order valence-corrected chi connectivity index (χ2v) is 6.01. The normalized spacial score (nSPS) is 13.4. The lowest BCUT2D eigenvalue weighted by atomic mass is 10.2. The highest BCUT2D eigenvalue weighted by Crippen LogP contribution is 2.33. The van der Waals surface area contributed by atoms with Gasteiger partial charge in [0.15, 0.2) is 23.0 Å². The smallest absolute Gasteiger partial charge is 0.246 e. The van der Waals surface area contributed by atoms with Crippen molar-refractivity contribution in [1.29, 1.82) is 0 Å². The lowest BCUT2D eigenvalue weighted by molar-refractivity contribution is -0.116. The summed E-state index contributed by atoms with van der Waals surface area (Å²) in [5.41, 5.74) is 1.42. The van der Waals surface area contributed by atoms with Crippen molar-refractivity contribution in [3.8, 4) is 23.0 Å². The Balaban J connectivity index is 1.64. The van der Waals surface area contributed by atoms with Crippen molar-refractivity contribution in [1.82, 2.24) is 0 Å². The predicted octanol–water partition coefficient (Wildman–Crippen LogP) is 3.30. The van der Waals surface area contributed by atoms with Crippen LogP contribution in [0.3, 0.4) is 0 Å². The molecule has 0 saturated carbocycles. The maximum absolute atomic E-state index is 12.5. The van der Waals surface area contributed by atoms with Crippen LogP contribution in [0.5, 0.6) is 23.0 Å². The van der Waals surface area contributed by atoms with Crippen LogP contribution in [0.4, 0.5) is 11.4 Å². The van der Waals surface area contributed by atoms with Gasteiger partial charge in [-0.25, -0.2) is 0 Å². The number of hydrogen-bond donors (Lipinski definition) is 2. The zero-order valence-corrected chi connectivity index (χ0v) is 15.7. The van der Waals surface area contributed by atoms with Gasteiger partial charge in [0, 0.05) is 23.5 Å². The fourth-order valence-corrected chi connectivity index (χ4v) is 2.72. The molecule has 1 atom stereocenters. The third kappa shape index (κ3) is 4.55. The van der Waals surface area contributed by atoms with Crippen LogP contribution >= 0.6 is 0 Å². The van der Waals surface area contributed by atoms with Crippen LogP contribution in [0.15, 0.2) is 36.4 Å². The van der Waals surface area contributed by atoms with Gasteiger partial charge >= 0.3 is 0 Å². The molecule has 0 fully saturated rings. The van der Waals surface area contributed by atoms with Gasteiger partial charge in [0.25, 0.3) is 0 Å². The molecule has 2 aromatic carbocycles. The molecule has 7 heteroatoms. The zero-order chi connectivity index (χ0) is 19.2. The molecule has 0 aliphatic carbocycles. The van der Waals surface area contributed by atoms with Gasteiger partial charge in [-0.1, -0.05) is 0 Å². The minimum atomic E-state index is -0.458. The third-order valence-corrected chi connectivity index (χ3v) is 4.05. The van der Waals surface area contributed by atoms with E-state index in [-0.39, 0.29) is 5.91 Å². The molecular formula is C20H24N2O5. The number of nitrogens with one attached hydrogen (secondary N) is 2. The van der Waals surface area contributed by atoms with Gasteiger partial charge in [-0.2, -0.15) is 0 Å². The first-order chi connectivity index (χ1) is 13.1. The molecule has 0 aromatic heterocycles. The Morgan fingerprint density at radius 2 is 1.81 bits per heavy atom. The molecule has 3 rings (SSSR count). The van der Waals surface area contributed by atoms with Crippen molar-refractivity contribution in [2.24, 2.45) is 0 Å². The molecule has 27 heavy (non-hydrogen) atoms. The van der Waals surface area contributed by atoms with E-state index in [1.807, 2.05) is 19.1 Å². The van der Waals surface area contributed by atoms with Gasteiger partial charge in [-0.3, -0.25) is 4.79 Å². The van der Waals surface area contributed by atoms with Crippen LogP contribution in [-0.2, 0) is 4.79 Å². The molecule has 0 bridgehead atoms. The van der Waals surface area contributed by atoms with Gasteiger partial charge in [0.05, 0.1) is 13.7 Å². The van der Waals surface area contributed by atoms with Crippen LogP contribution < -0.4 is 29.6 Å². The summed E-state index contributed by atoms with van der Waals surface area (Å²) in [6.07, 6.45) is 0. The highest BCUT2D eigenvalue weighted by Gasteiger charge is 2.17. The average molecular weight is 372 g/mol. The van der Waals surface area contributed by atoms with Gasteiger partial charge < -0.3 is 29.6 Å². The fourth-order valence-electron chi connectivity index (χ4n) is 2.72. The number of hydrogen-bond acceptors (Lipinski definition) is 6. The minimum absolute atomic E-state index is 0.167. The summed E-state index contributed by atoms with van der Waals surface area (Å²) < 4.78 is 21.9. The molecule has 2 N–H and O–H groups in total. The molecular weight excluding hydrogens is 348 g/mol.